The van der Waals surface area contributed by atoms with Crippen LogP contribution in [0.2, 0.25) is 0 Å². The van der Waals surface area contributed by atoms with Gasteiger partial charge in [-0.2, -0.15) is 9.78 Å². The van der Waals surface area contributed by atoms with Gasteiger partial charge in [0, 0.05) is 21.5 Å². The zero-order valence-corrected chi connectivity index (χ0v) is 17.9. The molecule has 0 fully saturated rings. The molecule has 0 atom stereocenters. The van der Waals surface area contributed by atoms with E-state index in [1.54, 1.807) is 18.2 Å². The Morgan fingerprint density at radius 3 is 2.59 bits per heavy atom. The number of halogens is 1. The highest BCUT2D eigenvalue weighted by molar-refractivity contribution is 9.10. The second kappa shape index (κ2) is 7.75. The van der Waals surface area contributed by atoms with Gasteiger partial charge in [-0.15, -0.1) is 0 Å². The van der Waals surface area contributed by atoms with Crippen LogP contribution in [0.1, 0.15) is 32.2 Å². The summed E-state index contributed by atoms with van der Waals surface area (Å²) in [5, 5.41) is 16.0. The van der Waals surface area contributed by atoms with E-state index < -0.39 is 10.3 Å². The molecule has 0 aliphatic heterocycles. The smallest absolute Gasteiger partial charge is 0.311 e. The first-order valence-electron chi connectivity index (χ1n) is 8.71. The van der Waals surface area contributed by atoms with Crippen LogP contribution in [0, 0.1) is 10.1 Å². The number of rotatable bonds is 4. The molecule has 1 aromatic heterocycles. The lowest BCUT2D eigenvalue weighted by molar-refractivity contribution is -0.385. The van der Waals surface area contributed by atoms with Crippen molar-refractivity contribution in [2.45, 2.75) is 26.2 Å². The average molecular weight is 459 g/mol. The minimum absolute atomic E-state index is 0.150. The molecule has 0 saturated heterocycles. The summed E-state index contributed by atoms with van der Waals surface area (Å²) in [7, 11) is 1.37. The lowest BCUT2D eigenvalue weighted by atomic mass is 9.95. The van der Waals surface area contributed by atoms with Crippen LogP contribution >= 0.6 is 15.9 Å². The quantitative estimate of drug-likeness (QED) is 0.330. The van der Waals surface area contributed by atoms with E-state index in [-0.39, 0.29) is 17.0 Å². The summed E-state index contributed by atoms with van der Waals surface area (Å²) < 4.78 is 7.01. The summed E-state index contributed by atoms with van der Waals surface area (Å²) in [6, 6.07) is 9.75. The van der Waals surface area contributed by atoms with Crippen molar-refractivity contribution in [1.82, 2.24) is 9.66 Å². The van der Waals surface area contributed by atoms with Gasteiger partial charge in [0.25, 0.3) is 5.56 Å². The molecule has 0 radical (unpaired) electrons. The summed E-state index contributed by atoms with van der Waals surface area (Å²) in [6.45, 7) is 5.80. The molecule has 0 saturated carbocycles. The molecule has 9 heteroatoms. The molecule has 0 aliphatic carbocycles. The molecular formula is C20H19BrN4O4. The third-order valence-corrected chi connectivity index (χ3v) is 4.69. The van der Waals surface area contributed by atoms with Gasteiger partial charge in [-0.05, 0) is 30.3 Å². The molecule has 3 rings (SSSR count). The van der Waals surface area contributed by atoms with Crippen molar-refractivity contribution in [3.05, 3.63) is 72.7 Å². The van der Waals surface area contributed by atoms with E-state index in [0.717, 1.165) is 4.47 Å². The molecule has 0 aliphatic rings. The van der Waals surface area contributed by atoms with Crippen LogP contribution < -0.4 is 10.3 Å². The Labute approximate surface area is 175 Å². The number of aromatic nitrogens is 2. The number of fused-ring (bicyclic) bond motifs is 1. The highest BCUT2D eigenvalue weighted by Gasteiger charge is 2.23. The number of nitro groups is 1. The molecule has 0 amide bonds. The number of ether oxygens (including phenoxy) is 1. The molecule has 1 heterocycles. The Balaban J connectivity index is 2.19. The van der Waals surface area contributed by atoms with Crippen LogP contribution in [0.5, 0.6) is 5.75 Å². The Morgan fingerprint density at radius 1 is 1.24 bits per heavy atom. The molecule has 0 bridgehead atoms. The SMILES string of the molecule is COc1ccc(C=Nn2c(C(C)(C)C)nc3ccc(Br)cc3c2=O)cc1[N+](=O)[O-]. The van der Waals surface area contributed by atoms with Crippen molar-refractivity contribution < 1.29 is 9.66 Å². The fourth-order valence-corrected chi connectivity index (χ4v) is 3.16. The predicted octanol–water partition coefficient (Wildman–Crippen LogP) is 4.26. The van der Waals surface area contributed by atoms with Gasteiger partial charge in [0.2, 0.25) is 0 Å². The van der Waals surface area contributed by atoms with E-state index in [4.69, 9.17) is 4.74 Å². The Hall–Kier alpha value is -3.07. The van der Waals surface area contributed by atoms with E-state index in [2.05, 4.69) is 26.0 Å². The van der Waals surface area contributed by atoms with Gasteiger partial charge < -0.3 is 4.74 Å². The van der Waals surface area contributed by atoms with Gasteiger partial charge in [0.15, 0.2) is 5.75 Å². The predicted molar refractivity (Wildman–Crippen MR) is 115 cm³/mol. The van der Waals surface area contributed by atoms with E-state index in [9.17, 15) is 14.9 Å². The number of nitrogens with zero attached hydrogens (tertiary/aromatic N) is 4. The van der Waals surface area contributed by atoms with Crippen molar-refractivity contribution in [2.24, 2.45) is 5.10 Å². The van der Waals surface area contributed by atoms with E-state index in [1.807, 2.05) is 26.8 Å². The molecule has 150 valence electrons. The monoisotopic (exact) mass is 458 g/mol. The standard InChI is InChI=1S/C20H19BrN4O4/c1-20(2,3)19-23-15-7-6-13(21)10-14(15)18(26)24(19)22-11-12-5-8-17(29-4)16(9-12)25(27)28/h5-11H,1-4H3. The van der Waals surface area contributed by atoms with E-state index in [0.29, 0.717) is 22.3 Å². The van der Waals surface area contributed by atoms with E-state index >= 15 is 0 Å². The maximum Gasteiger partial charge on any atom is 0.311 e. The van der Waals surface area contributed by atoms with Gasteiger partial charge in [-0.25, -0.2) is 4.98 Å². The van der Waals surface area contributed by atoms with Crippen LogP contribution in [-0.2, 0) is 5.41 Å². The third-order valence-electron chi connectivity index (χ3n) is 4.20. The summed E-state index contributed by atoms with van der Waals surface area (Å²) in [4.78, 5) is 28.4. The zero-order valence-electron chi connectivity index (χ0n) is 16.3. The second-order valence-corrected chi connectivity index (χ2v) is 8.31. The molecule has 0 spiro atoms. The molecule has 8 nitrogen and oxygen atoms in total. The summed E-state index contributed by atoms with van der Waals surface area (Å²) in [5.74, 6) is 0.633. The van der Waals surface area contributed by atoms with Crippen LogP contribution in [-0.4, -0.2) is 27.9 Å². The number of hydrogen-bond acceptors (Lipinski definition) is 6. The van der Waals surface area contributed by atoms with Crippen molar-refractivity contribution in [2.75, 3.05) is 7.11 Å². The number of benzene rings is 2. The first-order valence-corrected chi connectivity index (χ1v) is 9.50. The molecule has 0 unspecified atom stereocenters. The third kappa shape index (κ3) is 4.19. The minimum atomic E-state index is -0.530. The molecule has 2 aromatic carbocycles. The summed E-state index contributed by atoms with van der Waals surface area (Å²) in [6.07, 6.45) is 1.40. The second-order valence-electron chi connectivity index (χ2n) is 7.40. The topological polar surface area (TPSA) is 99.6 Å². The fourth-order valence-electron chi connectivity index (χ4n) is 2.80. The van der Waals surface area contributed by atoms with Gasteiger partial charge in [-0.3, -0.25) is 14.9 Å². The maximum absolute atomic E-state index is 13.1. The first kappa shape index (κ1) is 20.7. The number of nitro benzene ring substituents is 1. The van der Waals surface area contributed by atoms with Gasteiger partial charge in [0.05, 0.1) is 29.2 Å². The number of methoxy groups -OCH3 is 1. The van der Waals surface area contributed by atoms with Gasteiger partial charge in [0.1, 0.15) is 5.82 Å². The molecule has 29 heavy (non-hydrogen) atoms. The summed E-state index contributed by atoms with van der Waals surface area (Å²) in [5.41, 5.74) is 0.0816. The van der Waals surface area contributed by atoms with Gasteiger partial charge >= 0.3 is 5.69 Å². The van der Waals surface area contributed by atoms with Crippen molar-refractivity contribution in [1.29, 1.82) is 0 Å². The molecule has 3 aromatic rings. The Bertz CT molecular complexity index is 1200. The van der Waals surface area contributed by atoms with Crippen molar-refractivity contribution in [3.63, 3.8) is 0 Å². The van der Waals surface area contributed by atoms with Crippen LogP contribution in [0.25, 0.3) is 10.9 Å². The van der Waals surface area contributed by atoms with Crippen LogP contribution in [0.15, 0.2) is 50.8 Å². The fraction of sp³-hybridized carbons (Fsp3) is 0.250. The van der Waals surface area contributed by atoms with Crippen molar-refractivity contribution in [3.8, 4) is 5.75 Å². The Kier molecular flexibility index (Phi) is 5.52. The highest BCUT2D eigenvalue weighted by Crippen LogP contribution is 2.27. The number of hydrogen-bond donors (Lipinski definition) is 0. The van der Waals surface area contributed by atoms with Crippen molar-refractivity contribution >= 4 is 38.7 Å². The normalized spacial score (nSPS) is 11.9. The van der Waals surface area contributed by atoms with Gasteiger partial charge in [-0.1, -0.05) is 36.7 Å². The average Bonchev–Trinajstić information content (AvgIpc) is 2.66. The lowest BCUT2D eigenvalue weighted by Crippen LogP contribution is -2.29. The Morgan fingerprint density at radius 2 is 1.97 bits per heavy atom. The lowest BCUT2D eigenvalue weighted by Gasteiger charge is -2.20. The molecular weight excluding hydrogens is 440 g/mol. The largest absolute Gasteiger partial charge is 0.490 e. The molecule has 0 N–H and O–H groups in total. The maximum atomic E-state index is 13.1. The highest BCUT2D eigenvalue weighted by atomic mass is 79.9. The van der Waals surface area contributed by atoms with Crippen LogP contribution in [0.4, 0.5) is 5.69 Å². The summed E-state index contributed by atoms with van der Waals surface area (Å²) >= 11 is 3.37. The first-order chi connectivity index (χ1) is 13.6. The zero-order chi connectivity index (χ0) is 21.3. The van der Waals surface area contributed by atoms with E-state index in [1.165, 1.54) is 30.1 Å². The van der Waals surface area contributed by atoms with Crippen LogP contribution in [0.3, 0.4) is 0 Å². The minimum Gasteiger partial charge on any atom is -0.490 e.